The van der Waals surface area contributed by atoms with Crippen molar-refractivity contribution in [3.63, 3.8) is 0 Å². The van der Waals surface area contributed by atoms with Crippen LogP contribution in [0.4, 0.5) is 4.79 Å². The van der Waals surface area contributed by atoms with Crippen LogP contribution in [0.5, 0.6) is 0 Å². The third kappa shape index (κ3) is 9.42. The zero-order valence-electron chi connectivity index (χ0n) is 16.5. The lowest BCUT2D eigenvalue weighted by Gasteiger charge is -2.27. The van der Waals surface area contributed by atoms with Crippen LogP contribution in [0, 0.1) is 0 Å². The smallest absolute Gasteiger partial charge is 0.407 e. The lowest BCUT2D eigenvalue weighted by molar-refractivity contribution is -0.157. The van der Waals surface area contributed by atoms with Gasteiger partial charge in [0, 0.05) is 0 Å². The van der Waals surface area contributed by atoms with Crippen LogP contribution in [0.3, 0.4) is 0 Å². The molecule has 0 fully saturated rings. The number of aliphatic hydroxyl groups is 1. The standard InChI is InChI=1S/C20H31NO5/c1-19(2,3)25-17(23)13-16(22)15(12-14-10-8-7-9-11-14)21-18(24)26-20(4,5)6/h7-11,15-16,22H,12-13H2,1-6H3,(H,21,24)/t15-,16+/m0/s1. The summed E-state index contributed by atoms with van der Waals surface area (Å²) in [5, 5.41) is 13.2. The molecule has 0 unspecified atom stereocenters. The van der Waals surface area contributed by atoms with E-state index in [1.165, 1.54) is 0 Å². The zero-order chi connectivity index (χ0) is 20.0. The molecule has 6 nitrogen and oxygen atoms in total. The van der Waals surface area contributed by atoms with E-state index in [9.17, 15) is 14.7 Å². The van der Waals surface area contributed by atoms with Crippen molar-refractivity contribution in [2.24, 2.45) is 0 Å². The second-order valence-electron chi connectivity index (χ2n) is 8.30. The molecule has 0 spiro atoms. The highest BCUT2D eigenvalue weighted by Crippen LogP contribution is 2.14. The summed E-state index contributed by atoms with van der Waals surface area (Å²) in [5.74, 6) is -0.519. The van der Waals surface area contributed by atoms with Crippen molar-refractivity contribution in [1.29, 1.82) is 0 Å². The van der Waals surface area contributed by atoms with Gasteiger partial charge in [-0.15, -0.1) is 0 Å². The van der Waals surface area contributed by atoms with Crippen LogP contribution < -0.4 is 5.32 Å². The molecule has 146 valence electrons. The maximum absolute atomic E-state index is 12.1. The molecule has 1 aromatic rings. The van der Waals surface area contributed by atoms with Crippen molar-refractivity contribution in [2.45, 2.75) is 77.7 Å². The number of alkyl carbamates (subject to hydrolysis) is 1. The van der Waals surface area contributed by atoms with E-state index in [1.54, 1.807) is 41.5 Å². The Hall–Kier alpha value is -2.08. The molecular formula is C20H31NO5. The maximum Gasteiger partial charge on any atom is 0.407 e. The predicted molar refractivity (Wildman–Crippen MR) is 99.8 cm³/mol. The molecule has 0 saturated heterocycles. The molecule has 1 aromatic carbocycles. The van der Waals surface area contributed by atoms with Gasteiger partial charge in [-0.25, -0.2) is 4.79 Å². The maximum atomic E-state index is 12.1. The number of hydrogen-bond donors (Lipinski definition) is 2. The molecule has 6 heteroatoms. The molecule has 0 aliphatic carbocycles. The van der Waals surface area contributed by atoms with E-state index < -0.39 is 35.4 Å². The Balaban J connectivity index is 2.81. The summed E-state index contributed by atoms with van der Waals surface area (Å²) >= 11 is 0. The number of benzene rings is 1. The minimum Gasteiger partial charge on any atom is -0.460 e. The molecule has 1 rings (SSSR count). The molecular weight excluding hydrogens is 334 g/mol. The molecule has 0 radical (unpaired) electrons. The molecule has 26 heavy (non-hydrogen) atoms. The summed E-state index contributed by atoms with van der Waals surface area (Å²) in [6, 6.07) is 8.74. The van der Waals surface area contributed by atoms with Gasteiger partial charge in [0.05, 0.1) is 18.6 Å². The number of rotatable bonds is 6. The van der Waals surface area contributed by atoms with Gasteiger partial charge in [0.2, 0.25) is 0 Å². The molecule has 0 aliphatic rings. The van der Waals surface area contributed by atoms with E-state index in [2.05, 4.69) is 5.32 Å². The highest BCUT2D eigenvalue weighted by molar-refractivity contribution is 5.71. The summed E-state index contributed by atoms with van der Waals surface area (Å²) in [5.41, 5.74) is -0.362. The summed E-state index contributed by atoms with van der Waals surface area (Å²) in [4.78, 5) is 24.1. The lowest BCUT2D eigenvalue weighted by Crippen LogP contribution is -2.47. The number of carbonyl (C=O) groups excluding carboxylic acids is 2. The molecule has 2 atom stereocenters. The molecule has 2 N–H and O–H groups in total. The fourth-order valence-corrected chi connectivity index (χ4v) is 2.31. The first kappa shape index (κ1) is 22.0. The Morgan fingerprint density at radius 2 is 1.54 bits per heavy atom. The number of amides is 1. The molecule has 0 saturated carbocycles. The minimum atomic E-state index is -1.10. The van der Waals surface area contributed by atoms with Crippen molar-refractivity contribution < 1.29 is 24.2 Å². The van der Waals surface area contributed by atoms with Crippen LogP contribution in [-0.4, -0.2) is 40.5 Å². The van der Waals surface area contributed by atoms with Gasteiger partial charge in [0.1, 0.15) is 11.2 Å². The molecule has 0 aliphatic heterocycles. The van der Waals surface area contributed by atoms with Crippen molar-refractivity contribution in [1.82, 2.24) is 5.32 Å². The molecule has 0 bridgehead atoms. The van der Waals surface area contributed by atoms with Crippen molar-refractivity contribution >= 4 is 12.1 Å². The lowest BCUT2D eigenvalue weighted by atomic mass is 9.99. The van der Waals surface area contributed by atoms with Gasteiger partial charge in [-0.05, 0) is 53.5 Å². The second-order valence-corrected chi connectivity index (χ2v) is 8.30. The van der Waals surface area contributed by atoms with Crippen LogP contribution in [0.25, 0.3) is 0 Å². The Morgan fingerprint density at radius 1 is 1.00 bits per heavy atom. The van der Waals surface area contributed by atoms with Crippen molar-refractivity contribution in [2.75, 3.05) is 0 Å². The van der Waals surface area contributed by atoms with Crippen LogP contribution in [-0.2, 0) is 20.7 Å². The van der Waals surface area contributed by atoms with Gasteiger partial charge in [0.15, 0.2) is 0 Å². The van der Waals surface area contributed by atoms with E-state index in [4.69, 9.17) is 9.47 Å². The van der Waals surface area contributed by atoms with E-state index in [-0.39, 0.29) is 6.42 Å². The first-order valence-corrected chi connectivity index (χ1v) is 8.79. The van der Waals surface area contributed by atoms with Crippen molar-refractivity contribution in [3.8, 4) is 0 Å². The Morgan fingerprint density at radius 3 is 2.04 bits per heavy atom. The monoisotopic (exact) mass is 365 g/mol. The van der Waals surface area contributed by atoms with Crippen molar-refractivity contribution in [3.05, 3.63) is 35.9 Å². The zero-order valence-corrected chi connectivity index (χ0v) is 16.5. The first-order valence-electron chi connectivity index (χ1n) is 8.79. The van der Waals surface area contributed by atoms with Crippen LogP contribution in [0.2, 0.25) is 0 Å². The summed E-state index contributed by atoms with van der Waals surface area (Å²) < 4.78 is 10.5. The average Bonchev–Trinajstić information content (AvgIpc) is 2.43. The van der Waals surface area contributed by atoms with Gasteiger partial charge < -0.3 is 19.9 Å². The normalized spacial score (nSPS) is 14.3. The van der Waals surface area contributed by atoms with Gasteiger partial charge >= 0.3 is 12.1 Å². The quantitative estimate of drug-likeness (QED) is 0.756. The van der Waals surface area contributed by atoms with Gasteiger partial charge in [-0.1, -0.05) is 30.3 Å². The SMILES string of the molecule is CC(C)(C)OC(=O)C[C@@H](O)[C@H](Cc1ccccc1)NC(=O)OC(C)(C)C. The summed E-state index contributed by atoms with van der Waals surface area (Å²) in [7, 11) is 0. The van der Waals surface area contributed by atoms with Gasteiger partial charge in [-0.2, -0.15) is 0 Å². The first-order chi connectivity index (χ1) is 11.9. The number of carbonyl (C=O) groups is 2. The number of esters is 1. The summed E-state index contributed by atoms with van der Waals surface area (Å²) in [6.45, 7) is 10.6. The third-order valence-corrected chi connectivity index (χ3v) is 3.26. The fraction of sp³-hybridized carbons (Fsp3) is 0.600. The van der Waals surface area contributed by atoms with Gasteiger partial charge in [-0.3, -0.25) is 4.79 Å². The number of ether oxygens (including phenoxy) is 2. The highest BCUT2D eigenvalue weighted by Gasteiger charge is 2.28. The predicted octanol–water partition coefficient (Wildman–Crippen LogP) is 3.22. The molecule has 0 heterocycles. The summed E-state index contributed by atoms with van der Waals surface area (Å²) in [6.07, 6.45) is -1.59. The Kier molecular flexibility index (Phi) is 7.63. The van der Waals surface area contributed by atoms with Crippen LogP contribution >= 0.6 is 0 Å². The second kappa shape index (κ2) is 9.03. The van der Waals surface area contributed by atoms with E-state index >= 15 is 0 Å². The molecule has 1 amide bonds. The van der Waals surface area contributed by atoms with E-state index in [0.29, 0.717) is 6.42 Å². The number of nitrogens with one attached hydrogen (secondary N) is 1. The number of hydrogen-bond acceptors (Lipinski definition) is 5. The topological polar surface area (TPSA) is 84.9 Å². The van der Waals surface area contributed by atoms with Crippen LogP contribution in [0.15, 0.2) is 30.3 Å². The Bertz CT molecular complexity index is 586. The molecule has 0 aromatic heterocycles. The fourth-order valence-electron chi connectivity index (χ4n) is 2.31. The van der Waals surface area contributed by atoms with Crippen LogP contribution in [0.1, 0.15) is 53.5 Å². The highest BCUT2D eigenvalue weighted by atomic mass is 16.6. The van der Waals surface area contributed by atoms with E-state index in [1.807, 2.05) is 30.3 Å². The Labute approximate surface area is 155 Å². The van der Waals surface area contributed by atoms with E-state index in [0.717, 1.165) is 5.56 Å². The average molecular weight is 365 g/mol. The van der Waals surface area contributed by atoms with Gasteiger partial charge in [0.25, 0.3) is 0 Å². The minimum absolute atomic E-state index is 0.218. The third-order valence-electron chi connectivity index (χ3n) is 3.26. The number of aliphatic hydroxyl groups excluding tert-OH is 1. The largest absolute Gasteiger partial charge is 0.460 e.